The normalized spacial score (nSPS) is 15.3. The summed E-state index contributed by atoms with van der Waals surface area (Å²) < 4.78 is 5.61. The lowest BCUT2D eigenvalue weighted by atomic mass is 10.0. The number of likely N-dealkylation sites (tertiary alicyclic amines) is 1. The number of aryl methyl sites for hydroxylation is 2. The number of halogens is 1. The van der Waals surface area contributed by atoms with Gasteiger partial charge in [-0.15, -0.1) is 0 Å². The molecular formula is C22H28ClN3OS. The van der Waals surface area contributed by atoms with Gasteiger partial charge in [0.15, 0.2) is 5.11 Å². The number of nitrogens with one attached hydrogen (secondary N) is 2. The minimum Gasteiger partial charge on any atom is -0.496 e. The molecule has 1 fully saturated rings. The zero-order valence-corrected chi connectivity index (χ0v) is 18.3. The first-order valence-corrected chi connectivity index (χ1v) is 10.5. The highest BCUT2D eigenvalue weighted by molar-refractivity contribution is 7.80. The van der Waals surface area contributed by atoms with Crippen molar-refractivity contribution >= 4 is 34.6 Å². The van der Waals surface area contributed by atoms with Crippen molar-refractivity contribution in [1.29, 1.82) is 0 Å². The van der Waals surface area contributed by atoms with Gasteiger partial charge in [-0.25, -0.2) is 0 Å². The smallest absolute Gasteiger partial charge is 0.170 e. The highest BCUT2D eigenvalue weighted by Crippen LogP contribution is 2.31. The molecule has 1 aliphatic heterocycles. The van der Waals surface area contributed by atoms with Crippen molar-refractivity contribution in [2.24, 2.45) is 0 Å². The van der Waals surface area contributed by atoms with Crippen molar-refractivity contribution in [3.05, 3.63) is 58.1 Å². The minimum atomic E-state index is 0.202. The number of hydrogen-bond acceptors (Lipinski definition) is 3. The third-order valence-corrected chi connectivity index (χ3v) is 5.75. The molecule has 0 bridgehead atoms. The van der Waals surface area contributed by atoms with Crippen LogP contribution in [0.2, 0.25) is 5.02 Å². The molecule has 2 N–H and O–H groups in total. The van der Waals surface area contributed by atoms with Crippen LogP contribution in [0.3, 0.4) is 0 Å². The van der Waals surface area contributed by atoms with Crippen molar-refractivity contribution in [1.82, 2.24) is 10.2 Å². The predicted octanol–water partition coefficient (Wildman–Crippen LogP) is 5.09. The summed E-state index contributed by atoms with van der Waals surface area (Å²) in [4.78, 5) is 2.50. The monoisotopic (exact) mass is 417 g/mol. The number of methoxy groups -OCH3 is 1. The highest BCUT2D eigenvalue weighted by atomic mass is 35.5. The zero-order valence-electron chi connectivity index (χ0n) is 16.7. The van der Waals surface area contributed by atoms with Crippen LogP contribution in [0.25, 0.3) is 0 Å². The predicted molar refractivity (Wildman–Crippen MR) is 122 cm³/mol. The number of benzene rings is 2. The number of thiocarbonyl (C=S) groups is 1. The van der Waals surface area contributed by atoms with Gasteiger partial charge < -0.3 is 15.4 Å². The van der Waals surface area contributed by atoms with Crippen LogP contribution in [-0.4, -0.2) is 36.8 Å². The Kier molecular flexibility index (Phi) is 7.16. The van der Waals surface area contributed by atoms with E-state index in [0.29, 0.717) is 16.7 Å². The maximum absolute atomic E-state index is 6.41. The van der Waals surface area contributed by atoms with Gasteiger partial charge in [0.1, 0.15) is 5.75 Å². The minimum absolute atomic E-state index is 0.202. The quantitative estimate of drug-likeness (QED) is 0.640. The summed E-state index contributed by atoms with van der Waals surface area (Å²) in [6, 6.07) is 12.5. The number of anilines is 1. The van der Waals surface area contributed by atoms with E-state index >= 15 is 0 Å². The number of para-hydroxylation sites is 1. The summed E-state index contributed by atoms with van der Waals surface area (Å²) in [6.07, 6.45) is 2.46. The standard InChI is InChI=1S/C22H28ClN3OS/c1-15-12-16(2)21(18(23)13-15)25-22(28)24-14-19(26-10-6-7-11-26)17-8-4-5-9-20(17)27-3/h4-5,8-9,12-13,19H,6-7,10-11,14H2,1-3H3,(H2,24,25,28). The Morgan fingerprint density at radius 1 is 1.21 bits per heavy atom. The Morgan fingerprint density at radius 3 is 2.61 bits per heavy atom. The SMILES string of the molecule is COc1ccccc1C(CNC(=S)Nc1c(C)cc(C)cc1Cl)N1CCCC1. The Balaban J connectivity index is 1.72. The molecule has 1 heterocycles. The maximum Gasteiger partial charge on any atom is 0.170 e. The fraction of sp³-hybridized carbons (Fsp3) is 0.409. The van der Waals surface area contributed by atoms with Crippen LogP contribution in [0, 0.1) is 13.8 Å². The fourth-order valence-electron chi connectivity index (χ4n) is 3.85. The lowest BCUT2D eigenvalue weighted by molar-refractivity contribution is 0.240. The van der Waals surface area contributed by atoms with Gasteiger partial charge in [-0.3, -0.25) is 4.90 Å². The van der Waals surface area contributed by atoms with Crippen LogP contribution >= 0.6 is 23.8 Å². The fourth-order valence-corrected chi connectivity index (χ4v) is 4.41. The van der Waals surface area contributed by atoms with Gasteiger partial charge in [0.25, 0.3) is 0 Å². The average Bonchev–Trinajstić information content (AvgIpc) is 3.19. The Bertz CT molecular complexity index is 813. The Morgan fingerprint density at radius 2 is 1.93 bits per heavy atom. The first-order valence-electron chi connectivity index (χ1n) is 9.68. The average molecular weight is 418 g/mol. The lowest BCUT2D eigenvalue weighted by Gasteiger charge is -2.30. The van der Waals surface area contributed by atoms with Gasteiger partial charge in [0.05, 0.1) is 23.9 Å². The third kappa shape index (κ3) is 4.96. The molecular weight excluding hydrogens is 390 g/mol. The number of hydrogen-bond donors (Lipinski definition) is 2. The van der Waals surface area contributed by atoms with Crippen LogP contribution < -0.4 is 15.4 Å². The van der Waals surface area contributed by atoms with E-state index in [4.69, 9.17) is 28.6 Å². The van der Waals surface area contributed by atoms with Gasteiger partial charge in [-0.1, -0.05) is 35.9 Å². The third-order valence-electron chi connectivity index (χ3n) is 5.21. The summed E-state index contributed by atoms with van der Waals surface area (Å²) >= 11 is 12.0. The molecule has 1 atom stereocenters. The van der Waals surface area contributed by atoms with E-state index in [-0.39, 0.29) is 6.04 Å². The Labute approximate surface area is 178 Å². The van der Waals surface area contributed by atoms with Gasteiger partial charge in [-0.05, 0) is 75.3 Å². The zero-order chi connectivity index (χ0) is 20.1. The molecule has 0 amide bonds. The van der Waals surface area contributed by atoms with Crippen LogP contribution in [0.5, 0.6) is 5.75 Å². The van der Waals surface area contributed by atoms with Gasteiger partial charge in [-0.2, -0.15) is 0 Å². The molecule has 1 aliphatic rings. The second kappa shape index (κ2) is 9.59. The van der Waals surface area contributed by atoms with Crippen LogP contribution in [0.1, 0.15) is 35.6 Å². The molecule has 150 valence electrons. The van der Waals surface area contributed by atoms with Crippen molar-refractivity contribution in [3.63, 3.8) is 0 Å². The molecule has 0 aliphatic carbocycles. The van der Waals surface area contributed by atoms with Gasteiger partial charge in [0, 0.05) is 12.1 Å². The summed E-state index contributed by atoms with van der Waals surface area (Å²) in [5.41, 5.74) is 4.26. The summed E-state index contributed by atoms with van der Waals surface area (Å²) in [7, 11) is 1.72. The largest absolute Gasteiger partial charge is 0.496 e. The van der Waals surface area contributed by atoms with Crippen LogP contribution in [0.15, 0.2) is 36.4 Å². The lowest BCUT2D eigenvalue weighted by Crippen LogP contribution is -2.38. The van der Waals surface area contributed by atoms with E-state index in [9.17, 15) is 0 Å². The number of rotatable bonds is 6. The molecule has 0 spiro atoms. The van der Waals surface area contributed by atoms with E-state index in [1.807, 2.05) is 32.0 Å². The van der Waals surface area contributed by atoms with E-state index in [1.54, 1.807) is 7.11 Å². The molecule has 0 saturated carbocycles. The van der Waals surface area contributed by atoms with Crippen molar-refractivity contribution in [3.8, 4) is 5.75 Å². The summed E-state index contributed by atoms with van der Waals surface area (Å²) in [5.74, 6) is 0.914. The van der Waals surface area contributed by atoms with Crippen molar-refractivity contribution in [2.75, 3.05) is 32.1 Å². The molecule has 2 aromatic carbocycles. The molecule has 0 radical (unpaired) electrons. The maximum atomic E-state index is 6.41. The molecule has 4 nitrogen and oxygen atoms in total. The summed E-state index contributed by atoms with van der Waals surface area (Å²) in [6.45, 7) is 6.95. The molecule has 6 heteroatoms. The van der Waals surface area contributed by atoms with Gasteiger partial charge in [0.2, 0.25) is 0 Å². The van der Waals surface area contributed by atoms with Crippen molar-refractivity contribution in [2.45, 2.75) is 32.7 Å². The van der Waals surface area contributed by atoms with E-state index in [2.05, 4.69) is 33.7 Å². The second-order valence-electron chi connectivity index (χ2n) is 7.27. The van der Waals surface area contributed by atoms with Crippen LogP contribution in [-0.2, 0) is 0 Å². The van der Waals surface area contributed by atoms with Crippen molar-refractivity contribution < 1.29 is 4.74 Å². The van der Waals surface area contributed by atoms with Gasteiger partial charge >= 0.3 is 0 Å². The first kappa shape index (κ1) is 20.9. The number of ether oxygens (including phenoxy) is 1. The molecule has 0 aromatic heterocycles. The van der Waals surface area contributed by atoms with Crippen LogP contribution in [0.4, 0.5) is 5.69 Å². The molecule has 2 aromatic rings. The number of nitrogens with zero attached hydrogens (tertiary/aromatic N) is 1. The topological polar surface area (TPSA) is 36.5 Å². The molecule has 3 rings (SSSR count). The molecule has 1 saturated heterocycles. The first-order chi connectivity index (χ1) is 13.5. The highest BCUT2D eigenvalue weighted by Gasteiger charge is 2.26. The van der Waals surface area contributed by atoms with E-state index in [1.165, 1.54) is 18.4 Å². The summed E-state index contributed by atoms with van der Waals surface area (Å²) in [5, 5.41) is 7.92. The molecule has 1 unspecified atom stereocenters. The second-order valence-corrected chi connectivity index (χ2v) is 8.09. The Hall–Kier alpha value is -1.82. The molecule has 28 heavy (non-hydrogen) atoms. The van der Waals surface area contributed by atoms with E-state index in [0.717, 1.165) is 35.7 Å². The van der Waals surface area contributed by atoms with E-state index < -0.39 is 0 Å².